The summed E-state index contributed by atoms with van der Waals surface area (Å²) in [6.07, 6.45) is 10.8. The number of carbonyl (C=O) groups excluding carboxylic acids is 1. The van der Waals surface area contributed by atoms with Gasteiger partial charge in [0, 0.05) is 26.2 Å². The number of nitrogens with one attached hydrogen (secondary N) is 1. The van der Waals surface area contributed by atoms with E-state index < -0.39 is 0 Å². The molecule has 1 aromatic rings. The lowest BCUT2D eigenvalue weighted by molar-refractivity contribution is -0.121. The molecule has 0 saturated carbocycles. The summed E-state index contributed by atoms with van der Waals surface area (Å²) in [5, 5.41) is 4.02. The topological polar surface area (TPSA) is 44.7 Å². The number of anilines is 1. The Balaban J connectivity index is 2.15. The molecule has 0 fully saturated rings. The highest BCUT2D eigenvalue weighted by Gasteiger charge is 1.99. The van der Waals surface area contributed by atoms with Gasteiger partial charge in [0.15, 0.2) is 0 Å². The summed E-state index contributed by atoms with van der Waals surface area (Å²) in [6, 6.07) is 8.03. The van der Waals surface area contributed by atoms with Crippen molar-refractivity contribution in [2.45, 2.75) is 58.3 Å². The van der Waals surface area contributed by atoms with Crippen LogP contribution in [0.5, 0.6) is 0 Å². The number of amides is 1. The van der Waals surface area contributed by atoms with E-state index >= 15 is 0 Å². The Morgan fingerprint density at radius 3 is 2.26 bits per heavy atom. The van der Waals surface area contributed by atoms with Crippen molar-refractivity contribution in [3.8, 4) is 0 Å². The van der Waals surface area contributed by atoms with E-state index in [4.69, 9.17) is 0 Å². The summed E-state index contributed by atoms with van der Waals surface area (Å²) in [5.74, 6) is -0.000259. The van der Waals surface area contributed by atoms with E-state index in [1.807, 2.05) is 43.3 Å². The molecule has 0 aliphatic heterocycles. The molecule has 4 heteroatoms. The van der Waals surface area contributed by atoms with Crippen molar-refractivity contribution in [2.24, 2.45) is 5.10 Å². The fourth-order valence-corrected chi connectivity index (χ4v) is 2.34. The van der Waals surface area contributed by atoms with Crippen LogP contribution in [0.15, 0.2) is 29.4 Å². The lowest BCUT2D eigenvalue weighted by Crippen LogP contribution is -2.16. The molecule has 1 rings (SSSR count). The van der Waals surface area contributed by atoms with Gasteiger partial charge < -0.3 is 4.90 Å². The summed E-state index contributed by atoms with van der Waals surface area (Å²) >= 11 is 0. The van der Waals surface area contributed by atoms with Gasteiger partial charge in [0.1, 0.15) is 0 Å². The molecule has 0 bridgehead atoms. The largest absolute Gasteiger partial charge is 0.378 e. The molecule has 128 valence electrons. The number of rotatable bonds is 11. The van der Waals surface area contributed by atoms with Gasteiger partial charge in [-0.25, -0.2) is 5.43 Å². The Labute approximate surface area is 141 Å². The van der Waals surface area contributed by atoms with Crippen LogP contribution < -0.4 is 10.3 Å². The summed E-state index contributed by atoms with van der Waals surface area (Å²) in [6.45, 7) is 2.22. The first-order valence-corrected chi connectivity index (χ1v) is 8.72. The van der Waals surface area contributed by atoms with E-state index in [0.29, 0.717) is 6.42 Å². The lowest BCUT2D eigenvalue weighted by Gasteiger charge is -2.11. The highest BCUT2D eigenvalue weighted by Crippen LogP contribution is 2.11. The zero-order chi connectivity index (χ0) is 16.9. The maximum Gasteiger partial charge on any atom is 0.240 e. The number of hydrazone groups is 1. The highest BCUT2D eigenvalue weighted by atomic mass is 16.2. The van der Waals surface area contributed by atoms with E-state index in [1.54, 1.807) is 6.21 Å². The van der Waals surface area contributed by atoms with E-state index in [0.717, 1.165) is 24.1 Å². The summed E-state index contributed by atoms with van der Waals surface area (Å²) < 4.78 is 0. The molecular formula is C19H31N3O. The van der Waals surface area contributed by atoms with E-state index in [9.17, 15) is 4.79 Å². The third-order valence-electron chi connectivity index (χ3n) is 3.82. The van der Waals surface area contributed by atoms with Crippen LogP contribution >= 0.6 is 0 Å². The predicted molar refractivity (Wildman–Crippen MR) is 99.1 cm³/mol. The first-order chi connectivity index (χ1) is 11.1. The second-order valence-electron chi connectivity index (χ2n) is 6.15. The Morgan fingerprint density at radius 2 is 1.65 bits per heavy atom. The van der Waals surface area contributed by atoms with Gasteiger partial charge in [0.25, 0.3) is 0 Å². The van der Waals surface area contributed by atoms with Gasteiger partial charge >= 0.3 is 0 Å². The second-order valence-corrected chi connectivity index (χ2v) is 6.15. The van der Waals surface area contributed by atoms with Gasteiger partial charge in [-0.2, -0.15) is 5.10 Å². The van der Waals surface area contributed by atoms with Crippen LogP contribution in [0, 0.1) is 0 Å². The van der Waals surface area contributed by atoms with Crippen LogP contribution in [0.3, 0.4) is 0 Å². The summed E-state index contributed by atoms with van der Waals surface area (Å²) in [7, 11) is 4.01. The SMILES string of the molecule is CCCCCCCCCC(=O)NN=Cc1ccc(N(C)C)cc1. The Morgan fingerprint density at radius 1 is 1.04 bits per heavy atom. The van der Waals surface area contributed by atoms with Crippen molar-refractivity contribution in [1.82, 2.24) is 5.43 Å². The van der Waals surface area contributed by atoms with Crippen molar-refractivity contribution >= 4 is 17.8 Å². The number of hydrogen-bond acceptors (Lipinski definition) is 3. The molecule has 0 radical (unpaired) electrons. The van der Waals surface area contributed by atoms with E-state index in [-0.39, 0.29) is 5.91 Å². The maximum atomic E-state index is 11.7. The van der Waals surface area contributed by atoms with Crippen molar-refractivity contribution in [3.05, 3.63) is 29.8 Å². The number of benzene rings is 1. The van der Waals surface area contributed by atoms with Crippen LogP contribution in [-0.2, 0) is 4.79 Å². The van der Waals surface area contributed by atoms with Crippen LogP contribution in [0.2, 0.25) is 0 Å². The standard InChI is InChI=1S/C19H31N3O/c1-4-5-6-7-8-9-10-11-19(23)21-20-16-17-12-14-18(15-13-17)22(2)3/h12-16H,4-11H2,1-3H3,(H,21,23). The monoisotopic (exact) mass is 317 g/mol. The van der Waals surface area contributed by atoms with Gasteiger partial charge in [-0.3, -0.25) is 4.79 Å². The van der Waals surface area contributed by atoms with E-state index in [1.165, 1.54) is 32.1 Å². The minimum atomic E-state index is -0.000259. The van der Waals surface area contributed by atoms with Gasteiger partial charge in [-0.1, -0.05) is 57.6 Å². The molecule has 0 unspecified atom stereocenters. The molecule has 0 aromatic heterocycles. The van der Waals surface area contributed by atoms with Gasteiger partial charge in [-0.15, -0.1) is 0 Å². The molecule has 1 amide bonds. The lowest BCUT2D eigenvalue weighted by atomic mass is 10.1. The molecule has 23 heavy (non-hydrogen) atoms. The van der Waals surface area contributed by atoms with Crippen LogP contribution in [0.1, 0.15) is 63.9 Å². The Bertz CT molecular complexity index is 466. The second kappa shape index (κ2) is 11.7. The van der Waals surface area contributed by atoms with Crippen molar-refractivity contribution in [2.75, 3.05) is 19.0 Å². The minimum Gasteiger partial charge on any atom is -0.378 e. The normalized spacial score (nSPS) is 10.9. The smallest absolute Gasteiger partial charge is 0.240 e. The molecule has 1 N–H and O–H groups in total. The van der Waals surface area contributed by atoms with Crippen LogP contribution in [0.4, 0.5) is 5.69 Å². The maximum absolute atomic E-state index is 11.7. The Hall–Kier alpha value is -1.84. The molecular weight excluding hydrogens is 286 g/mol. The highest BCUT2D eigenvalue weighted by molar-refractivity contribution is 5.82. The minimum absolute atomic E-state index is 0.000259. The fraction of sp³-hybridized carbons (Fsp3) is 0.579. The third kappa shape index (κ3) is 9.01. The average molecular weight is 317 g/mol. The van der Waals surface area contributed by atoms with Crippen molar-refractivity contribution in [3.63, 3.8) is 0 Å². The molecule has 0 saturated heterocycles. The molecule has 0 aliphatic rings. The number of unbranched alkanes of at least 4 members (excludes halogenated alkanes) is 6. The first kappa shape index (κ1) is 19.2. The molecule has 4 nitrogen and oxygen atoms in total. The van der Waals surface area contributed by atoms with Gasteiger partial charge in [0.2, 0.25) is 5.91 Å². The summed E-state index contributed by atoms with van der Waals surface area (Å²) in [5.41, 5.74) is 4.72. The number of nitrogens with zero attached hydrogens (tertiary/aromatic N) is 2. The first-order valence-electron chi connectivity index (χ1n) is 8.72. The van der Waals surface area contributed by atoms with Gasteiger partial charge in [0.05, 0.1) is 6.21 Å². The third-order valence-corrected chi connectivity index (χ3v) is 3.82. The number of hydrogen-bond donors (Lipinski definition) is 1. The summed E-state index contributed by atoms with van der Waals surface area (Å²) in [4.78, 5) is 13.7. The molecule has 0 spiro atoms. The Kier molecular flexibility index (Phi) is 9.76. The van der Waals surface area contributed by atoms with Gasteiger partial charge in [-0.05, 0) is 24.1 Å². The quantitative estimate of drug-likeness (QED) is 0.375. The predicted octanol–water partition coefficient (Wildman–Crippen LogP) is 4.34. The average Bonchev–Trinajstić information content (AvgIpc) is 2.54. The van der Waals surface area contributed by atoms with Crippen LogP contribution in [0.25, 0.3) is 0 Å². The zero-order valence-electron chi connectivity index (χ0n) is 14.8. The van der Waals surface area contributed by atoms with Crippen molar-refractivity contribution in [1.29, 1.82) is 0 Å². The van der Waals surface area contributed by atoms with Crippen molar-refractivity contribution < 1.29 is 4.79 Å². The van der Waals surface area contributed by atoms with E-state index in [2.05, 4.69) is 17.5 Å². The molecule has 0 atom stereocenters. The number of carbonyl (C=O) groups is 1. The molecule has 0 aliphatic carbocycles. The molecule has 0 heterocycles. The van der Waals surface area contributed by atoms with Crippen LogP contribution in [-0.4, -0.2) is 26.2 Å². The molecule has 1 aromatic carbocycles. The zero-order valence-corrected chi connectivity index (χ0v) is 14.8. The fourth-order valence-electron chi connectivity index (χ4n) is 2.34.